The zero-order chi connectivity index (χ0) is 23.7. The molecule has 2 aromatic carbocycles. The molecule has 0 saturated carbocycles. The minimum atomic E-state index is -0.470. The number of Topliss-reactive ketones (excluding diaryl/α,β-unsaturated/α-hetero) is 1. The normalized spacial score (nSPS) is 15.4. The van der Waals surface area contributed by atoms with Crippen LogP contribution in [-0.4, -0.2) is 29.4 Å². The molecule has 2 aliphatic heterocycles. The average molecular weight is 438 g/mol. The third-order valence-corrected chi connectivity index (χ3v) is 5.15. The maximum atomic E-state index is 12.7. The molecule has 2 aromatic rings. The van der Waals surface area contributed by atoms with Gasteiger partial charge in [0.15, 0.2) is 5.78 Å². The van der Waals surface area contributed by atoms with Gasteiger partial charge in [0.2, 0.25) is 0 Å². The molecule has 7 nitrogen and oxygen atoms in total. The van der Waals surface area contributed by atoms with Crippen LogP contribution in [0, 0.1) is 0 Å². The van der Waals surface area contributed by atoms with Gasteiger partial charge < -0.3 is 0 Å². The molecule has 0 atom stereocenters. The van der Waals surface area contributed by atoms with Crippen LogP contribution in [0.3, 0.4) is 0 Å². The van der Waals surface area contributed by atoms with E-state index in [1.807, 2.05) is 0 Å². The van der Waals surface area contributed by atoms with Crippen molar-refractivity contribution in [2.45, 2.75) is 6.92 Å². The summed E-state index contributed by atoms with van der Waals surface area (Å²) in [7, 11) is 0. The molecule has 4 amide bonds. The molecule has 0 aliphatic carbocycles. The number of hydrogen-bond acceptors (Lipinski definition) is 5. The predicted molar refractivity (Wildman–Crippen MR) is 124 cm³/mol. The summed E-state index contributed by atoms with van der Waals surface area (Å²) in [6.07, 6.45) is 8.31. The first-order chi connectivity index (χ1) is 15.8. The number of allylic oxidation sites excluding steroid dienone is 1. The lowest BCUT2D eigenvalue weighted by molar-refractivity contribution is -0.121. The molecule has 0 saturated heterocycles. The fraction of sp³-hybridized carbons (Fsp3) is 0.0385. The van der Waals surface area contributed by atoms with Gasteiger partial charge in [0.25, 0.3) is 23.6 Å². The number of carbonyl (C=O) groups is 5. The molecule has 0 fully saturated rings. The molecule has 0 aromatic heterocycles. The fourth-order valence-electron chi connectivity index (χ4n) is 3.49. The standard InChI is InChI=1S/C26H18N2O5/c1-16(2)26(33)21-15-20(28-24(31)13-14-25(28)32)10-7-18(21)6-3-17-4-8-19(9-5-17)27-22(29)11-12-23(27)30/h3-15H,1H2,2H3/b6-3+. The van der Waals surface area contributed by atoms with Crippen molar-refractivity contribution in [1.82, 2.24) is 0 Å². The summed E-state index contributed by atoms with van der Waals surface area (Å²) in [5.41, 5.74) is 2.74. The summed E-state index contributed by atoms with van der Waals surface area (Å²) < 4.78 is 0. The minimum Gasteiger partial charge on any atom is -0.289 e. The van der Waals surface area contributed by atoms with E-state index in [9.17, 15) is 24.0 Å². The number of hydrogen-bond donors (Lipinski definition) is 0. The van der Waals surface area contributed by atoms with Gasteiger partial charge in [0.05, 0.1) is 11.4 Å². The zero-order valence-corrected chi connectivity index (χ0v) is 17.6. The third kappa shape index (κ3) is 4.12. The number of anilines is 2. The second kappa shape index (κ2) is 8.47. The number of nitrogens with zero attached hydrogens (tertiary/aromatic N) is 2. The van der Waals surface area contributed by atoms with Gasteiger partial charge in [-0.25, -0.2) is 9.80 Å². The van der Waals surface area contributed by atoms with Gasteiger partial charge in [0, 0.05) is 29.9 Å². The zero-order valence-electron chi connectivity index (χ0n) is 17.6. The van der Waals surface area contributed by atoms with Crippen molar-refractivity contribution in [2.75, 3.05) is 9.80 Å². The molecular formula is C26H18N2O5. The number of benzene rings is 2. The summed E-state index contributed by atoms with van der Waals surface area (Å²) in [4.78, 5) is 62.5. The summed E-state index contributed by atoms with van der Waals surface area (Å²) in [5, 5.41) is 0. The summed E-state index contributed by atoms with van der Waals surface area (Å²) in [6, 6.07) is 11.5. The SMILES string of the molecule is C=C(C)C(=O)c1cc(N2C(=O)C=CC2=O)ccc1/C=C/c1ccc(N2C(=O)C=CC2=O)cc1. The Balaban J connectivity index is 1.63. The quantitative estimate of drug-likeness (QED) is 0.298. The largest absolute Gasteiger partial charge is 0.289 e. The molecule has 0 bridgehead atoms. The molecule has 162 valence electrons. The van der Waals surface area contributed by atoms with E-state index in [0.717, 1.165) is 15.4 Å². The van der Waals surface area contributed by atoms with Crippen LogP contribution in [0.5, 0.6) is 0 Å². The van der Waals surface area contributed by atoms with E-state index in [1.54, 1.807) is 55.5 Å². The van der Waals surface area contributed by atoms with Crippen molar-refractivity contribution in [1.29, 1.82) is 0 Å². The van der Waals surface area contributed by atoms with Crippen molar-refractivity contribution < 1.29 is 24.0 Å². The van der Waals surface area contributed by atoms with Crippen molar-refractivity contribution in [2.24, 2.45) is 0 Å². The molecule has 0 spiro atoms. The van der Waals surface area contributed by atoms with Crippen LogP contribution in [0.4, 0.5) is 11.4 Å². The van der Waals surface area contributed by atoms with Crippen LogP contribution in [-0.2, 0) is 19.2 Å². The first kappa shape index (κ1) is 21.6. The smallest absolute Gasteiger partial charge is 0.258 e. The van der Waals surface area contributed by atoms with Gasteiger partial charge in [-0.1, -0.05) is 36.9 Å². The highest BCUT2D eigenvalue weighted by atomic mass is 16.2. The van der Waals surface area contributed by atoms with E-state index in [2.05, 4.69) is 6.58 Å². The molecule has 33 heavy (non-hydrogen) atoms. The Bertz CT molecular complexity index is 1290. The summed E-state index contributed by atoms with van der Waals surface area (Å²) in [5.74, 6) is -2.03. The number of ketones is 1. The number of carbonyl (C=O) groups excluding carboxylic acids is 5. The minimum absolute atomic E-state index is 0.301. The number of rotatable bonds is 6. The Morgan fingerprint density at radius 1 is 0.727 bits per heavy atom. The Labute approximate surface area is 189 Å². The fourth-order valence-corrected chi connectivity index (χ4v) is 3.49. The maximum absolute atomic E-state index is 12.7. The topological polar surface area (TPSA) is 91.8 Å². The highest BCUT2D eigenvalue weighted by Gasteiger charge is 2.27. The molecule has 0 N–H and O–H groups in total. The highest BCUT2D eigenvalue weighted by molar-refractivity contribution is 6.29. The maximum Gasteiger partial charge on any atom is 0.258 e. The Kier molecular flexibility index (Phi) is 5.54. The molecule has 2 heterocycles. The lowest BCUT2D eigenvalue weighted by Gasteiger charge is -2.16. The van der Waals surface area contributed by atoms with Gasteiger partial charge in [-0.15, -0.1) is 0 Å². The lowest BCUT2D eigenvalue weighted by atomic mass is 9.97. The van der Waals surface area contributed by atoms with Crippen LogP contribution in [0.2, 0.25) is 0 Å². The van der Waals surface area contributed by atoms with Crippen molar-refractivity contribution in [3.8, 4) is 0 Å². The van der Waals surface area contributed by atoms with Crippen LogP contribution in [0.1, 0.15) is 28.4 Å². The third-order valence-electron chi connectivity index (χ3n) is 5.15. The van der Waals surface area contributed by atoms with E-state index >= 15 is 0 Å². The monoisotopic (exact) mass is 438 g/mol. The van der Waals surface area contributed by atoms with Crippen LogP contribution in [0.25, 0.3) is 12.2 Å². The van der Waals surface area contributed by atoms with E-state index < -0.39 is 23.6 Å². The lowest BCUT2D eigenvalue weighted by Crippen LogP contribution is -2.29. The predicted octanol–water partition coefficient (Wildman–Crippen LogP) is 3.47. The van der Waals surface area contributed by atoms with Gasteiger partial charge in [-0.3, -0.25) is 24.0 Å². The Morgan fingerprint density at radius 3 is 1.73 bits per heavy atom. The van der Waals surface area contributed by atoms with Crippen LogP contribution >= 0.6 is 0 Å². The Morgan fingerprint density at radius 2 is 1.21 bits per heavy atom. The van der Waals surface area contributed by atoms with Gasteiger partial charge in [-0.2, -0.15) is 0 Å². The summed E-state index contributed by atoms with van der Waals surface area (Å²) >= 11 is 0. The van der Waals surface area contributed by atoms with Crippen LogP contribution in [0.15, 0.2) is 78.9 Å². The second-order valence-electron chi connectivity index (χ2n) is 7.50. The van der Waals surface area contributed by atoms with E-state index in [4.69, 9.17) is 0 Å². The number of imide groups is 2. The molecule has 4 rings (SSSR count). The van der Waals surface area contributed by atoms with E-state index in [-0.39, 0.29) is 5.78 Å². The highest BCUT2D eigenvalue weighted by Crippen LogP contribution is 2.26. The Hall–Kier alpha value is -4.65. The molecular weight excluding hydrogens is 420 g/mol. The molecule has 0 unspecified atom stereocenters. The molecule has 2 aliphatic rings. The number of amides is 4. The van der Waals surface area contributed by atoms with E-state index in [1.165, 1.54) is 30.4 Å². The average Bonchev–Trinajstić information content (AvgIpc) is 3.32. The van der Waals surface area contributed by atoms with Crippen LogP contribution < -0.4 is 9.80 Å². The second-order valence-corrected chi connectivity index (χ2v) is 7.50. The van der Waals surface area contributed by atoms with Crippen molar-refractivity contribution in [3.63, 3.8) is 0 Å². The van der Waals surface area contributed by atoms with Gasteiger partial charge in [-0.05, 0) is 47.9 Å². The van der Waals surface area contributed by atoms with Crippen molar-refractivity contribution in [3.05, 3.63) is 95.6 Å². The van der Waals surface area contributed by atoms with Crippen molar-refractivity contribution >= 4 is 52.9 Å². The van der Waals surface area contributed by atoms with E-state index in [0.29, 0.717) is 28.1 Å². The molecule has 7 heteroatoms. The van der Waals surface area contributed by atoms with Gasteiger partial charge >= 0.3 is 0 Å². The van der Waals surface area contributed by atoms with Gasteiger partial charge in [0.1, 0.15) is 0 Å². The first-order valence-corrected chi connectivity index (χ1v) is 10.0. The summed E-state index contributed by atoms with van der Waals surface area (Å²) in [6.45, 7) is 5.30. The molecule has 0 radical (unpaired) electrons. The first-order valence-electron chi connectivity index (χ1n) is 10.0.